The quantitative estimate of drug-likeness (QED) is 0.615. The standard InChI is InChI=1S/C11H14IN3O4/c12-3-2-11(5-7(17)8(6-16)19-11)15-4-1-9(13)14-10(15)18/h1-4,7-8,16-17H,5-6H2,(H2,13,14,18)/t7-,8+,11+/m0/s1. The maximum Gasteiger partial charge on any atom is 0.352 e. The van der Waals surface area contributed by atoms with Crippen LogP contribution in [0.2, 0.25) is 0 Å². The number of aliphatic hydroxyl groups is 2. The van der Waals surface area contributed by atoms with Crippen LogP contribution in [0, 0.1) is 0 Å². The summed E-state index contributed by atoms with van der Waals surface area (Å²) in [5.41, 5.74) is 3.73. The van der Waals surface area contributed by atoms with E-state index in [9.17, 15) is 9.90 Å². The number of halogens is 1. The average Bonchev–Trinajstić information content (AvgIpc) is 2.66. The molecule has 4 N–H and O–H groups in total. The first-order chi connectivity index (χ1) is 9.02. The van der Waals surface area contributed by atoms with Gasteiger partial charge in [0.1, 0.15) is 11.9 Å². The van der Waals surface area contributed by atoms with Crippen molar-refractivity contribution in [3.8, 4) is 0 Å². The van der Waals surface area contributed by atoms with E-state index in [1.807, 2.05) is 22.6 Å². The van der Waals surface area contributed by atoms with Gasteiger partial charge < -0.3 is 20.7 Å². The molecule has 0 bridgehead atoms. The highest BCUT2D eigenvalue weighted by atomic mass is 127. The summed E-state index contributed by atoms with van der Waals surface area (Å²) in [6.07, 6.45) is 1.67. The van der Waals surface area contributed by atoms with Gasteiger partial charge in [0, 0.05) is 12.6 Å². The lowest BCUT2D eigenvalue weighted by Crippen LogP contribution is -2.41. The summed E-state index contributed by atoms with van der Waals surface area (Å²) in [5.74, 6) is 0.118. The van der Waals surface area contributed by atoms with Gasteiger partial charge in [0.15, 0.2) is 5.72 Å². The van der Waals surface area contributed by atoms with E-state index in [2.05, 4.69) is 4.98 Å². The van der Waals surface area contributed by atoms with Crippen LogP contribution in [-0.4, -0.2) is 38.6 Å². The lowest BCUT2D eigenvalue weighted by atomic mass is 10.1. The van der Waals surface area contributed by atoms with Crippen LogP contribution in [0.4, 0.5) is 5.82 Å². The van der Waals surface area contributed by atoms with Crippen molar-refractivity contribution in [3.05, 3.63) is 32.9 Å². The van der Waals surface area contributed by atoms with E-state index >= 15 is 0 Å². The van der Waals surface area contributed by atoms with Crippen LogP contribution in [0.5, 0.6) is 0 Å². The third kappa shape index (κ3) is 2.66. The fourth-order valence-electron chi connectivity index (χ4n) is 2.12. The Morgan fingerprint density at radius 1 is 1.74 bits per heavy atom. The Balaban J connectivity index is 2.49. The van der Waals surface area contributed by atoms with Gasteiger partial charge in [-0.15, -0.1) is 0 Å². The molecule has 7 nitrogen and oxygen atoms in total. The van der Waals surface area contributed by atoms with E-state index in [-0.39, 0.29) is 18.8 Å². The zero-order valence-electron chi connectivity index (χ0n) is 9.94. The number of aliphatic hydroxyl groups excluding tert-OH is 2. The predicted octanol–water partition coefficient (Wildman–Crippen LogP) is -0.431. The average molecular weight is 379 g/mol. The predicted molar refractivity (Wildman–Crippen MR) is 76.6 cm³/mol. The van der Waals surface area contributed by atoms with Crippen molar-refractivity contribution in [2.24, 2.45) is 0 Å². The van der Waals surface area contributed by atoms with E-state index in [1.54, 1.807) is 10.2 Å². The zero-order chi connectivity index (χ0) is 14.0. The molecule has 19 heavy (non-hydrogen) atoms. The first-order valence-electron chi connectivity index (χ1n) is 5.63. The van der Waals surface area contributed by atoms with E-state index in [1.165, 1.54) is 16.8 Å². The van der Waals surface area contributed by atoms with E-state index in [4.69, 9.17) is 15.6 Å². The minimum Gasteiger partial charge on any atom is -0.394 e. The van der Waals surface area contributed by atoms with Crippen molar-refractivity contribution >= 4 is 28.4 Å². The summed E-state index contributed by atoms with van der Waals surface area (Å²) in [6, 6.07) is 1.48. The second-order valence-corrected chi connectivity index (χ2v) is 4.97. The normalized spacial score (nSPS) is 31.1. The third-order valence-electron chi connectivity index (χ3n) is 3.02. The van der Waals surface area contributed by atoms with Crippen LogP contribution >= 0.6 is 22.6 Å². The number of nitrogens with two attached hydrogens (primary N) is 1. The van der Waals surface area contributed by atoms with Gasteiger partial charge in [-0.25, -0.2) is 4.79 Å². The van der Waals surface area contributed by atoms with Gasteiger partial charge in [0.2, 0.25) is 0 Å². The van der Waals surface area contributed by atoms with Crippen LogP contribution in [0.25, 0.3) is 0 Å². The molecule has 0 unspecified atom stereocenters. The summed E-state index contributed by atoms with van der Waals surface area (Å²) >= 11 is 1.99. The Morgan fingerprint density at radius 2 is 2.47 bits per heavy atom. The molecule has 2 heterocycles. The molecule has 1 saturated heterocycles. The van der Waals surface area contributed by atoms with Crippen LogP contribution < -0.4 is 11.4 Å². The van der Waals surface area contributed by atoms with Gasteiger partial charge in [-0.3, -0.25) is 4.57 Å². The second-order valence-electron chi connectivity index (χ2n) is 4.25. The number of anilines is 1. The maximum atomic E-state index is 11.9. The SMILES string of the molecule is Nc1ccn([C@@]2(C=CI)C[C@H](O)[C@@H](CO)O2)c(=O)n1. The number of ether oxygens (including phenoxy) is 1. The zero-order valence-corrected chi connectivity index (χ0v) is 12.1. The van der Waals surface area contributed by atoms with Gasteiger partial charge in [0.05, 0.1) is 12.7 Å². The van der Waals surface area contributed by atoms with Gasteiger partial charge in [-0.2, -0.15) is 4.98 Å². The number of hydrogen-bond acceptors (Lipinski definition) is 6. The minimum atomic E-state index is -1.15. The molecule has 3 atom stereocenters. The van der Waals surface area contributed by atoms with Crippen molar-refractivity contribution in [2.75, 3.05) is 12.3 Å². The molecular weight excluding hydrogens is 365 g/mol. The van der Waals surface area contributed by atoms with Crippen molar-refractivity contribution in [3.63, 3.8) is 0 Å². The molecule has 0 amide bonds. The highest BCUT2D eigenvalue weighted by Gasteiger charge is 2.46. The molecule has 104 valence electrons. The molecule has 1 aromatic heterocycles. The Hall–Kier alpha value is -0.970. The Bertz CT molecular complexity index is 547. The minimum absolute atomic E-state index is 0.118. The second kappa shape index (κ2) is 5.57. The molecule has 0 aromatic carbocycles. The lowest BCUT2D eigenvalue weighted by molar-refractivity contribution is -0.0891. The molecule has 0 aliphatic carbocycles. The molecule has 1 fully saturated rings. The smallest absolute Gasteiger partial charge is 0.352 e. The Kier molecular flexibility index (Phi) is 4.23. The molecule has 0 radical (unpaired) electrons. The molecular formula is C11H14IN3O4. The van der Waals surface area contributed by atoms with Gasteiger partial charge in [-0.05, 0) is 16.2 Å². The van der Waals surface area contributed by atoms with Crippen molar-refractivity contribution in [1.29, 1.82) is 0 Å². The van der Waals surface area contributed by atoms with E-state index < -0.39 is 23.6 Å². The number of nitrogen functional groups attached to an aromatic ring is 1. The molecule has 8 heteroatoms. The van der Waals surface area contributed by atoms with Gasteiger partial charge in [0.25, 0.3) is 0 Å². The first kappa shape index (κ1) is 14.4. The van der Waals surface area contributed by atoms with E-state index in [0.717, 1.165) is 0 Å². The summed E-state index contributed by atoms with van der Waals surface area (Å²) in [4.78, 5) is 15.6. The summed E-state index contributed by atoms with van der Waals surface area (Å²) in [7, 11) is 0. The Labute approximate surface area is 122 Å². The first-order valence-corrected chi connectivity index (χ1v) is 6.87. The summed E-state index contributed by atoms with van der Waals surface area (Å²) in [5, 5.41) is 19.0. The molecule has 2 rings (SSSR count). The summed E-state index contributed by atoms with van der Waals surface area (Å²) in [6.45, 7) is -0.324. The molecule has 0 saturated carbocycles. The molecule has 1 aliphatic rings. The van der Waals surface area contributed by atoms with Crippen LogP contribution in [0.3, 0.4) is 0 Å². The maximum absolute atomic E-state index is 11.9. The number of rotatable bonds is 3. The molecule has 0 spiro atoms. The van der Waals surface area contributed by atoms with Gasteiger partial charge in [-0.1, -0.05) is 22.6 Å². The number of aromatic nitrogens is 2. The van der Waals surface area contributed by atoms with Crippen LogP contribution in [-0.2, 0) is 10.5 Å². The van der Waals surface area contributed by atoms with Crippen LogP contribution in [0.15, 0.2) is 27.2 Å². The fourth-order valence-corrected chi connectivity index (χ4v) is 2.69. The monoisotopic (exact) mass is 379 g/mol. The highest BCUT2D eigenvalue weighted by Crippen LogP contribution is 2.35. The lowest BCUT2D eigenvalue weighted by Gasteiger charge is -2.27. The molecule has 1 aliphatic heterocycles. The topological polar surface area (TPSA) is 111 Å². The molecule has 1 aromatic rings. The van der Waals surface area contributed by atoms with Gasteiger partial charge >= 0.3 is 5.69 Å². The van der Waals surface area contributed by atoms with Crippen molar-refractivity contribution in [1.82, 2.24) is 9.55 Å². The summed E-state index contributed by atoms with van der Waals surface area (Å²) < 4.78 is 8.60. The van der Waals surface area contributed by atoms with E-state index in [0.29, 0.717) is 0 Å². The number of hydrogen-bond donors (Lipinski definition) is 3. The van der Waals surface area contributed by atoms with Crippen molar-refractivity contribution < 1.29 is 14.9 Å². The van der Waals surface area contributed by atoms with Crippen molar-refractivity contribution in [2.45, 2.75) is 24.4 Å². The number of nitrogens with zero attached hydrogens (tertiary/aromatic N) is 2. The third-order valence-corrected chi connectivity index (χ3v) is 3.38. The Morgan fingerprint density at radius 3 is 3.00 bits per heavy atom. The fraction of sp³-hybridized carbons (Fsp3) is 0.455. The largest absolute Gasteiger partial charge is 0.394 e. The van der Waals surface area contributed by atoms with Crippen LogP contribution in [0.1, 0.15) is 6.42 Å². The highest BCUT2D eigenvalue weighted by molar-refractivity contribution is 14.1.